The van der Waals surface area contributed by atoms with Crippen LogP contribution in [0.15, 0.2) is 59.3 Å². The van der Waals surface area contributed by atoms with Gasteiger partial charge in [-0.25, -0.2) is 4.98 Å². The number of anilines is 1. The van der Waals surface area contributed by atoms with E-state index in [9.17, 15) is 4.79 Å². The second kappa shape index (κ2) is 7.69. The molecule has 0 aliphatic carbocycles. The fourth-order valence-electron chi connectivity index (χ4n) is 2.84. The average molecular weight is 395 g/mol. The van der Waals surface area contributed by atoms with Crippen LogP contribution in [-0.4, -0.2) is 30.3 Å². The van der Waals surface area contributed by atoms with Crippen LogP contribution in [0.2, 0.25) is 0 Å². The van der Waals surface area contributed by atoms with Crippen LogP contribution in [0.25, 0.3) is 10.2 Å². The summed E-state index contributed by atoms with van der Waals surface area (Å²) < 4.78 is 16.8. The third kappa shape index (κ3) is 3.29. The molecule has 28 heavy (non-hydrogen) atoms. The van der Waals surface area contributed by atoms with Crippen LogP contribution in [0.4, 0.5) is 5.13 Å². The van der Waals surface area contributed by atoms with Crippen LogP contribution in [0.3, 0.4) is 0 Å². The van der Waals surface area contributed by atoms with Gasteiger partial charge in [0.2, 0.25) is 5.76 Å². The summed E-state index contributed by atoms with van der Waals surface area (Å²) in [4.78, 5) is 19.3. The minimum Gasteiger partial charge on any atom is -0.495 e. The molecular weight excluding hydrogens is 378 g/mol. The summed E-state index contributed by atoms with van der Waals surface area (Å²) >= 11 is 1.36. The molecular formula is C20H17N3O4S. The van der Waals surface area contributed by atoms with Crippen molar-refractivity contribution in [1.29, 1.82) is 0 Å². The van der Waals surface area contributed by atoms with E-state index in [-0.39, 0.29) is 11.7 Å². The number of amides is 1. The molecule has 8 heteroatoms. The van der Waals surface area contributed by atoms with Gasteiger partial charge in [0.05, 0.1) is 27.0 Å². The maximum atomic E-state index is 13.1. The molecule has 0 aliphatic rings. The van der Waals surface area contributed by atoms with Crippen LogP contribution in [0.1, 0.15) is 16.1 Å². The predicted octanol–water partition coefficient (Wildman–Crippen LogP) is 4.15. The summed E-state index contributed by atoms with van der Waals surface area (Å²) in [7, 11) is 3.18. The van der Waals surface area contributed by atoms with E-state index < -0.39 is 0 Å². The van der Waals surface area contributed by atoms with Gasteiger partial charge in [-0.1, -0.05) is 46.8 Å². The van der Waals surface area contributed by atoms with Crippen molar-refractivity contribution in [1.82, 2.24) is 10.1 Å². The van der Waals surface area contributed by atoms with Gasteiger partial charge in [-0.05, 0) is 17.7 Å². The highest BCUT2D eigenvalue weighted by molar-refractivity contribution is 7.22. The van der Waals surface area contributed by atoms with Crippen molar-refractivity contribution in [2.24, 2.45) is 0 Å². The SMILES string of the molecule is COc1ccc(OC)c2sc(N(Cc3ccccc3)C(=O)c3ccno3)nc12. The molecule has 4 aromatic rings. The lowest BCUT2D eigenvalue weighted by molar-refractivity contribution is 0.0949. The van der Waals surface area contributed by atoms with Gasteiger partial charge in [-0.3, -0.25) is 9.69 Å². The molecule has 0 unspecified atom stereocenters. The van der Waals surface area contributed by atoms with Gasteiger partial charge in [-0.15, -0.1) is 0 Å². The molecule has 0 saturated carbocycles. The van der Waals surface area contributed by atoms with Gasteiger partial charge in [0.1, 0.15) is 21.7 Å². The minimum atomic E-state index is -0.321. The fourth-order valence-corrected chi connectivity index (χ4v) is 3.91. The van der Waals surface area contributed by atoms with Crippen LogP contribution in [0.5, 0.6) is 11.5 Å². The monoisotopic (exact) mass is 395 g/mol. The highest BCUT2D eigenvalue weighted by Gasteiger charge is 2.26. The van der Waals surface area contributed by atoms with E-state index in [2.05, 4.69) is 10.1 Å². The van der Waals surface area contributed by atoms with E-state index >= 15 is 0 Å². The van der Waals surface area contributed by atoms with Gasteiger partial charge in [0.15, 0.2) is 5.13 Å². The van der Waals surface area contributed by atoms with Crippen LogP contribution in [0, 0.1) is 0 Å². The zero-order chi connectivity index (χ0) is 19.5. The van der Waals surface area contributed by atoms with Crippen LogP contribution < -0.4 is 14.4 Å². The predicted molar refractivity (Wildman–Crippen MR) is 106 cm³/mol. The number of hydrogen-bond acceptors (Lipinski definition) is 7. The van der Waals surface area contributed by atoms with E-state index in [4.69, 9.17) is 14.0 Å². The summed E-state index contributed by atoms with van der Waals surface area (Å²) in [5, 5.41) is 4.16. The van der Waals surface area contributed by atoms with Gasteiger partial charge >= 0.3 is 0 Å². The zero-order valence-corrected chi connectivity index (χ0v) is 16.1. The number of thiazole rings is 1. The normalized spacial score (nSPS) is 10.8. The number of methoxy groups -OCH3 is 2. The Morgan fingerprint density at radius 3 is 2.50 bits per heavy atom. The Morgan fingerprint density at radius 1 is 1.07 bits per heavy atom. The van der Waals surface area contributed by atoms with Crippen molar-refractivity contribution >= 4 is 32.6 Å². The number of carbonyl (C=O) groups is 1. The first-order valence-corrected chi connectivity index (χ1v) is 9.31. The number of aromatic nitrogens is 2. The Balaban J connectivity index is 1.83. The molecule has 7 nitrogen and oxygen atoms in total. The van der Waals surface area contributed by atoms with Gasteiger partial charge in [0.25, 0.3) is 5.91 Å². The lowest BCUT2D eigenvalue weighted by Crippen LogP contribution is -2.30. The number of ether oxygens (including phenoxy) is 2. The number of hydrogen-bond donors (Lipinski definition) is 0. The molecule has 0 bridgehead atoms. The molecule has 0 aliphatic heterocycles. The lowest BCUT2D eigenvalue weighted by Gasteiger charge is -2.18. The first-order chi connectivity index (χ1) is 13.7. The summed E-state index contributed by atoms with van der Waals surface area (Å²) in [6.45, 7) is 0.338. The van der Waals surface area contributed by atoms with Crippen LogP contribution >= 0.6 is 11.3 Å². The molecule has 4 rings (SSSR count). The van der Waals surface area contributed by atoms with E-state index in [0.717, 1.165) is 10.3 Å². The minimum absolute atomic E-state index is 0.147. The largest absolute Gasteiger partial charge is 0.495 e. The van der Waals surface area contributed by atoms with E-state index in [1.165, 1.54) is 23.6 Å². The number of nitrogens with zero attached hydrogens (tertiary/aromatic N) is 3. The molecule has 2 aromatic carbocycles. The van der Waals surface area contributed by atoms with E-state index in [1.54, 1.807) is 25.2 Å². The second-order valence-electron chi connectivity index (χ2n) is 5.90. The molecule has 2 aromatic heterocycles. The zero-order valence-electron chi connectivity index (χ0n) is 15.3. The highest BCUT2D eigenvalue weighted by atomic mass is 32.1. The van der Waals surface area contributed by atoms with Gasteiger partial charge in [0, 0.05) is 6.07 Å². The standard InChI is InChI=1S/C20H17N3O4S/c1-25-14-8-9-15(26-2)18-17(14)22-20(28-18)23(12-13-6-4-3-5-7-13)19(24)16-10-11-21-27-16/h3-11H,12H2,1-2H3. The summed E-state index contributed by atoms with van der Waals surface area (Å²) in [5.41, 5.74) is 1.61. The Kier molecular flexibility index (Phi) is 4.94. The van der Waals surface area contributed by atoms with Crippen molar-refractivity contribution in [2.75, 3.05) is 19.1 Å². The molecule has 0 spiro atoms. The first kappa shape index (κ1) is 18.0. The van der Waals surface area contributed by atoms with Crippen molar-refractivity contribution in [3.63, 3.8) is 0 Å². The Hall–Kier alpha value is -3.39. The third-order valence-electron chi connectivity index (χ3n) is 4.21. The summed E-state index contributed by atoms with van der Waals surface area (Å²) in [6.07, 6.45) is 1.44. The van der Waals surface area contributed by atoms with E-state index in [1.807, 2.05) is 36.4 Å². The van der Waals surface area contributed by atoms with Crippen LogP contribution in [-0.2, 0) is 6.54 Å². The lowest BCUT2D eigenvalue weighted by atomic mass is 10.2. The number of rotatable bonds is 6. The summed E-state index contributed by atoms with van der Waals surface area (Å²) in [6, 6.07) is 14.8. The Bertz CT molecular complexity index is 1050. The molecule has 1 amide bonds. The van der Waals surface area contributed by atoms with Gasteiger partial charge in [-0.2, -0.15) is 0 Å². The third-order valence-corrected chi connectivity index (χ3v) is 5.30. The van der Waals surface area contributed by atoms with Crippen molar-refractivity contribution in [3.8, 4) is 11.5 Å². The molecule has 142 valence electrons. The van der Waals surface area contributed by atoms with Crippen molar-refractivity contribution in [2.45, 2.75) is 6.54 Å². The second-order valence-corrected chi connectivity index (χ2v) is 6.88. The molecule has 0 fully saturated rings. The van der Waals surface area contributed by atoms with Crippen molar-refractivity contribution in [3.05, 3.63) is 66.1 Å². The molecule has 2 heterocycles. The molecule has 0 saturated heterocycles. The van der Waals surface area contributed by atoms with Crippen molar-refractivity contribution < 1.29 is 18.8 Å². The Morgan fingerprint density at radius 2 is 1.82 bits per heavy atom. The van der Waals surface area contributed by atoms with Gasteiger partial charge < -0.3 is 14.0 Å². The molecule has 0 N–H and O–H groups in total. The number of carbonyl (C=O) groups excluding carboxylic acids is 1. The smallest absolute Gasteiger partial charge is 0.298 e. The Labute approximate surface area is 165 Å². The quantitative estimate of drug-likeness (QED) is 0.488. The topological polar surface area (TPSA) is 77.7 Å². The average Bonchev–Trinajstić information content (AvgIpc) is 3.41. The fraction of sp³-hybridized carbons (Fsp3) is 0.150. The molecule has 0 radical (unpaired) electrons. The maximum Gasteiger partial charge on any atom is 0.298 e. The maximum absolute atomic E-state index is 13.1. The highest BCUT2D eigenvalue weighted by Crippen LogP contribution is 2.40. The number of benzene rings is 2. The summed E-state index contributed by atoms with van der Waals surface area (Å²) in [5.74, 6) is 1.11. The number of fused-ring (bicyclic) bond motifs is 1. The van der Waals surface area contributed by atoms with E-state index in [0.29, 0.717) is 28.7 Å². The molecule has 0 atom stereocenters. The first-order valence-electron chi connectivity index (χ1n) is 8.49.